The molecule has 9 heteroatoms. The number of amides is 2. The van der Waals surface area contributed by atoms with E-state index in [9.17, 15) is 14.9 Å². The van der Waals surface area contributed by atoms with Crippen LogP contribution in [0, 0.1) is 29.6 Å². The van der Waals surface area contributed by atoms with Crippen molar-refractivity contribution in [3.05, 3.63) is 53.9 Å². The van der Waals surface area contributed by atoms with Gasteiger partial charge in [0.1, 0.15) is 6.07 Å². The number of carbonyl (C=O) groups excluding carboxylic acids is 2. The third kappa shape index (κ3) is 4.94. The maximum absolute atomic E-state index is 12.9. The van der Waals surface area contributed by atoms with Gasteiger partial charge in [-0.3, -0.25) is 9.59 Å². The highest BCUT2D eigenvalue weighted by Crippen LogP contribution is 2.31. The number of benzene rings is 1. The van der Waals surface area contributed by atoms with E-state index in [1.165, 1.54) is 11.2 Å². The minimum atomic E-state index is -0.298. The molecule has 3 aromatic rings. The van der Waals surface area contributed by atoms with Crippen LogP contribution in [0.5, 0.6) is 0 Å². The second kappa shape index (κ2) is 9.97. The molecule has 0 saturated carbocycles. The number of terminal acetylenes is 1. The minimum absolute atomic E-state index is 0.0630. The maximum Gasteiger partial charge on any atom is 0.266 e. The zero-order valence-corrected chi connectivity index (χ0v) is 18.7. The molecule has 0 aliphatic carbocycles. The summed E-state index contributed by atoms with van der Waals surface area (Å²) < 4.78 is 11.1. The monoisotopic (exact) mass is 457 g/mol. The fraction of sp³-hybridized carbons (Fsp3) is 0.280. The second-order valence-electron chi connectivity index (χ2n) is 7.99. The average Bonchev–Trinajstić information content (AvgIpc) is 3.53. The normalized spacial score (nSPS) is 13.7. The van der Waals surface area contributed by atoms with Gasteiger partial charge in [0.25, 0.3) is 5.89 Å². The highest BCUT2D eigenvalue weighted by Gasteiger charge is 2.31. The number of likely N-dealkylation sites (N-methyl/N-ethyl adjacent to an activating group) is 1. The van der Waals surface area contributed by atoms with Gasteiger partial charge in [-0.1, -0.05) is 12.0 Å². The first-order chi connectivity index (χ1) is 16.5. The largest absolute Gasteiger partial charge is 0.459 e. The van der Waals surface area contributed by atoms with Crippen molar-refractivity contribution in [2.24, 2.45) is 5.92 Å². The van der Waals surface area contributed by atoms with Gasteiger partial charge in [-0.25, -0.2) is 0 Å². The van der Waals surface area contributed by atoms with Crippen LogP contribution in [0.25, 0.3) is 11.7 Å². The van der Waals surface area contributed by atoms with Gasteiger partial charge in [-0.2, -0.15) is 10.2 Å². The summed E-state index contributed by atoms with van der Waals surface area (Å²) in [5.41, 5.74) is 1.43. The van der Waals surface area contributed by atoms with Crippen LogP contribution < -0.4 is 10.2 Å². The van der Waals surface area contributed by atoms with E-state index >= 15 is 0 Å². The van der Waals surface area contributed by atoms with Gasteiger partial charge >= 0.3 is 0 Å². The number of nitriles is 1. The molecule has 2 aromatic heterocycles. The molecule has 0 spiro atoms. The molecule has 1 saturated heterocycles. The summed E-state index contributed by atoms with van der Waals surface area (Å²) in [4.78, 5) is 32.9. The van der Waals surface area contributed by atoms with Crippen LogP contribution in [-0.2, 0) is 9.59 Å². The second-order valence-corrected chi connectivity index (χ2v) is 7.99. The summed E-state index contributed by atoms with van der Waals surface area (Å²) in [6.45, 7) is 0.986. The lowest BCUT2D eigenvalue weighted by molar-refractivity contribution is -0.137. The van der Waals surface area contributed by atoms with Gasteiger partial charge in [0.15, 0.2) is 5.76 Å². The third-order valence-electron chi connectivity index (χ3n) is 5.65. The summed E-state index contributed by atoms with van der Waals surface area (Å²) in [5.74, 6) is 2.97. The smallest absolute Gasteiger partial charge is 0.266 e. The minimum Gasteiger partial charge on any atom is -0.459 e. The van der Waals surface area contributed by atoms with Crippen molar-refractivity contribution < 1.29 is 18.4 Å². The number of nitrogens with zero attached hydrogens (tertiary/aromatic N) is 4. The van der Waals surface area contributed by atoms with Crippen molar-refractivity contribution in [2.75, 3.05) is 36.9 Å². The number of nitrogens with one attached hydrogen (secondary N) is 1. The van der Waals surface area contributed by atoms with E-state index in [4.69, 9.17) is 15.3 Å². The standard InChI is InChI=1S/C25H23N5O4/c1-3-17-6-4-7-19(14-17)27-22(31)16-29(2)24(32)18-9-11-30(12-10-18)25-20(15-26)28-23(34-25)21-8-5-13-33-21/h1,4-8,13-14,18H,9-12,16H2,2H3,(H,27,31). The van der Waals surface area contributed by atoms with E-state index in [1.54, 1.807) is 43.4 Å². The molecule has 1 aliphatic rings. The Bertz CT molecular complexity index is 1260. The van der Waals surface area contributed by atoms with E-state index in [0.717, 1.165) is 0 Å². The zero-order valence-electron chi connectivity index (χ0n) is 18.7. The van der Waals surface area contributed by atoms with Gasteiger partial charge in [0.05, 0.1) is 12.8 Å². The van der Waals surface area contributed by atoms with Crippen LogP contribution in [0.4, 0.5) is 11.6 Å². The number of rotatable bonds is 6. The summed E-state index contributed by atoms with van der Waals surface area (Å²) in [5, 5.41) is 12.2. The Balaban J connectivity index is 1.32. The Morgan fingerprint density at radius 1 is 1.29 bits per heavy atom. The number of furan rings is 1. The van der Waals surface area contributed by atoms with Crippen molar-refractivity contribution in [3.8, 4) is 30.1 Å². The lowest BCUT2D eigenvalue weighted by Gasteiger charge is -2.32. The van der Waals surface area contributed by atoms with Crippen molar-refractivity contribution in [3.63, 3.8) is 0 Å². The number of aromatic nitrogens is 1. The number of carbonyl (C=O) groups is 2. The van der Waals surface area contributed by atoms with Gasteiger partial charge in [0.2, 0.25) is 23.4 Å². The predicted molar refractivity (Wildman–Crippen MR) is 125 cm³/mol. The van der Waals surface area contributed by atoms with Crippen molar-refractivity contribution in [1.29, 1.82) is 5.26 Å². The van der Waals surface area contributed by atoms with Crippen LogP contribution in [0.1, 0.15) is 24.1 Å². The number of oxazole rings is 1. The molecule has 0 bridgehead atoms. The lowest BCUT2D eigenvalue weighted by Crippen LogP contribution is -2.43. The molecule has 1 fully saturated rings. The Kier molecular flexibility index (Phi) is 6.65. The number of piperidine rings is 1. The van der Waals surface area contributed by atoms with Crippen molar-refractivity contribution in [1.82, 2.24) is 9.88 Å². The number of anilines is 2. The molecule has 0 unspecified atom stereocenters. The highest BCUT2D eigenvalue weighted by atomic mass is 16.4. The highest BCUT2D eigenvalue weighted by molar-refractivity contribution is 5.94. The molecule has 2 amide bonds. The van der Waals surface area contributed by atoms with Gasteiger partial charge in [-0.05, 0) is 43.2 Å². The van der Waals surface area contributed by atoms with Crippen LogP contribution in [0.15, 0.2) is 51.5 Å². The van der Waals surface area contributed by atoms with Gasteiger partial charge < -0.3 is 24.0 Å². The van der Waals surface area contributed by atoms with Gasteiger partial charge in [0, 0.05) is 37.3 Å². The topological polar surface area (TPSA) is 116 Å². The molecule has 0 atom stereocenters. The molecule has 4 rings (SSSR count). The molecule has 3 heterocycles. The Morgan fingerprint density at radius 2 is 2.09 bits per heavy atom. The van der Waals surface area contributed by atoms with Crippen molar-refractivity contribution >= 4 is 23.4 Å². The van der Waals surface area contributed by atoms with E-state index in [1.807, 2.05) is 4.90 Å². The molecule has 0 radical (unpaired) electrons. The van der Waals surface area contributed by atoms with E-state index < -0.39 is 0 Å². The number of hydrogen-bond donors (Lipinski definition) is 1. The average molecular weight is 457 g/mol. The molecule has 1 N–H and O–H groups in total. The fourth-order valence-corrected chi connectivity index (χ4v) is 3.93. The van der Waals surface area contributed by atoms with Crippen LogP contribution in [0.2, 0.25) is 0 Å². The first kappa shape index (κ1) is 22.7. The Labute approximate surface area is 197 Å². The lowest BCUT2D eigenvalue weighted by atomic mass is 9.95. The van der Waals surface area contributed by atoms with Crippen molar-refractivity contribution in [2.45, 2.75) is 12.8 Å². The van der Waals surface area contributed by atoms with Crippen LogP contribution in [0.3, 0.4) is 0 Å². The summed E-state index contributed by atoms with van der Waals surface area (Å²) in [6.07, 6.45) is 8.03. The van der Waals surface area contributed by atoms with E-state index in [-0.39, 0.29) is 35.9 Å². The quantitative estimate of drug-likeness (QED) is 0.566. The molecule has 172 valence electrons. The fourth-order valence-electron chi connectivity index (χ4n) is 3.93. The van der Waals surface area contributed by atoms with Crippen LogP contribution in [-0.4, -0.2) is 48.4 Å². The Morgan fingerprint density at radius 3 is 2.76 bits per heavy atom. The zero-order chi connectivity index (χ0) is 24.1. The van der Waals surface area contributed by atoms with E-state index in [0.29, 0.717) is 48.8 Å². The summed E-state index contributed by atoms with van der Waals surface area (Å²) >= 11 is 0. The van der Waals surface area contributed by atoms with Crippen LogP contribution >= 0.6 is 0 Å². The molecule has 1 aromatic carbocycles. The third-order valence-corrected chi connectivity index (χ3v) is 5.65. The molecular weight excluding hydrogens is 434 g/mol. The SMILES string of the molecule is C#Cc1cccc(NC(=O)CN(C)C(=O)C2CCN(c3oc(-c4ccco4)nc3C#N)CC2)c1. The predicted octanol–water partition coefficient (Wildman–Crippen LogP) is 3.10. The summed E-state index contributed by atoms with van der Waals surface area (Å²) in [7, 11) is 1.62. The number of hydrogen-bond acceptors (Lipinski definition) is 7. The molecule has 1 aliphatic heterocycles. The van der Waals surface area contributed by atoms with Gasteiger partial charge in [-0.15, -0.1) is 6.42 Å². The summed E-state index contributed by atoms with van der Waals surface area (Å²) in [6, 6.07) is 12.5. The Hall–Kier alpha value is -4.50. The molecule has 34 heavy (non-hydrogen) atoms. The maximum atomic E-state index is 12.9. The first-order valence-corrected chi connectivity index (χ1v) is 10.8. The molecule has 9 nitrogen and oxygen atoms in total. The van der Waals surface area contributed by atoms with E-state index in [2.05, 4.69) is 22.3 Å². The molecular formula is C25H23N5O4. The first-order valence-electron chi connectivity index (χ1n) is 10.8.